The minimum atomic E-state index is -1.21. The molecule has 3 aliphatic rings. The Labute approximate surface area is 159 Å². The summed E-state index contributed by atoms with van der Waals surface area (Å²) in [5.41, 5.74) is 0. The topological polar surface area (TPSA) is 124 Å². The average molecular weight is 407 g/mol. The van der Waals surface area contributed by atoms with Crippen LogP contribution in [-0.2, 0) is 9.59 Å². The first-order valence-corrected chi connectivity index (χ1v) is 9.42. The molecule has 0 aromatic heterocycles. The molecule has 0 aromatic carbocycles. The Bertz CT molecular complexity index is 530. The van der Waals surface area contributed by atoms with Crippen LogP contribution in [0.4, 0.5) is 0 Å². The number of nitroso groups, excluding NO2 is 2. The smallest absolute Gasteiger partial charge is 0.272 e. The molecule has 3 aliphatic heterocycles. The third kappa shape index (κ3) is 3.55. The zero-order chi connectivity index (χ0) is 18.8. The number of amides is 2. The summed E-state index contributed by atoms with van der Waals surface area (Å²) in [6.45, 7) is 0.853. The maximum absolute atomic E-state index is 12.9. The van der Waals surface area contributed by atoms with Gasteiger partial charge in [0.1, 0.15) is 0 Å². The van der Waals surface area contributed by atoms with Gasteiger partial charge >= 0.3 is 0 Å². The minimum absolute atomic E-state index is 0.0960. The molecule has 144 valence electrons. The van der Waals surface area contributed by atoms with Crippen LogP contribution >= 0.6 is 23.2 Å². The number of alkyl halides is 2. The maximum atomic E-state index is 12.9. The van der Waals surface area contributed by atoms with E-state index in [0.29, 0.717) is 48.8 Å². The Balaban J connectivity index is 1.85. The molecular formula is C14H20Cl2N6O4. The van der Waals surface area contributed by atoms with Gasteiger partial charge in [0, 0.05) is 35.9 Å². The molecular weight excluding hydrogens is 387 g/mol. The van der Waals surface area contributed by atoms with Gasteiger partial charge in [-0.05, 0) is 25.7 Å². The van der Waals surface area contributed by atoms with Crippen LogP contribution in [0.2, 0.25) is 0 Å². The lowest BCUT2D eigenvalue weighted by atomic mass is 9.90. The molecule has 2 amide bonds. The van der Waals surface area contributed by atoms with E-state index in [1.54, 1.807) is 0 Å². The molecule has 0 aromatic rings. The van der Waals surface area contributed by atoms with Crippen molar-refractivity contribution in [1.82, 2.24) is 20.7 Å². The van der Waals surface area contributed by atoms with Crippen LogP contribution in [0.5, 0.6) is 0 Å². The van der Waals surface area contributed by atoms with E-state index in [-0.39, 0.29) is 10.8 Å². The SMILES string of the molecule is O=NN1C(=O)C(C2CCC(Cl)CN2)N(N=O)C(=O)C1C1CCC(Cl)CN1. The molecule has 26 heavy (non-hydrogen) atoms. The molecule has 3 heterocycles. The van der Waals surface area contributed by atoms with Crippen molar-refractivity contribution in [3.8, 4) is 0 Å². The number of carbonyl (C=O) groups is 2. The summed E-state index contributed by atoms with van der Waals surface area (Å²) >= 11 is 12.1. The van der Waals surface area contributed by atoms with Crippen molar-refractivity contribution >= 4 is 35.0 Å². The van der Waals surface area contributed by atoms with Gasteiger partial charge in [-0.15, -0.1) is 33.0 Å². The van der Waals surface area contributed by atoms with Gasteiger partial charge in [0.2, 0.25) is 0 Å². The zero-order valence-corrected chi connectivity index (χ0v) is 15.4. The summed E-state index contributed by atoms with van der Waals surface area (Å²) in [6.07, 6.45) is 2.17. The summed E-state index contributed by atoms with van der Waals surface area (Å²) < 4.78 is 0. The number of hydrogen-bond donors (Lipinski definition) is 2. The van der Waals surface area contributed by atoms with E-state index in [2.05, 4.69) is 21.2 Å². The molecule has 0 spiro atoms. The third-order valence-electron chi connectivity index (χ3n) is 5.21. The van der Waals surface area contributed by atoms with Crippen molar-refractivity contribution in [1.29, 1.82) is 0 Å². The van der Waals surface area contributed by atoms with Crippen LogP contribution in [0.1, 0.15) is 25.7 Å². The molecule has 6 unspecified atom stereocenters. The quantitative estimate of drug-likeness (QED) is 0.516. The van der Waals surface area contributed by atoms with Crippen LogP contribution in [0, 0.1) is 9.81 Å². The van der Waals surface area contributed by atoms with Crippen molar-refractivity contribution in [2.75, 3.05) is 13.1 Å². The molecule has 0 bridgehead atoms. The van der Waals surface area contributed by atoms with Crippen LogP contribution in [0.25, 0.3) is 0 Å². The van der Waals surface area contributed by atoms with Crippen LogP contribution in [0.3, 0.4) is 0 Å². The normalized spacial score (nSPS) is 39.0. The highest BCUT2D eigenvalue weighted by Gasteiger charge is 2.54. The fraction of sp³-hybridized carbons (Fsp3) is 0.857. The van der Waals surface area contributed by atoms with Gasteiger partial charge < -0.3 is 10.6 Å². The van der Waals surface area contributed by atoms with Gasteiger partial charge in [-0.3, -0.25) is 9.59 Å². The highest BCUT2D eigenvalue weighted by atomic mass is 35.5. The summed E-state index contributed by atoms with van der Waals surface area (Å²) in [6, 6.07) is -3.45. The fourth-order valence-corrected chi connectivity index (χ4v) is 4.28. The second-order valence-electron chi connectivity index (χ2n) is 6.80. The number of nitrogens with zero attached hydrogens (tertiary/aromatic N) is 4. The molecule has 0 saturated carbocycles. The first-order valence-electron chi connectivity index (χ1n) is 8.55. The van der Waals surface area contributed by atoms with E-state index in [9.17, 15) is 19.4 Å². The molecule has 0 aliphatic carbocycles. The van der Waals surface area contributed by atoms with Gasteiger partial charge in [0.15, 0.2) is 12.1 Å². The number of rotatable bonds is 4. The Morgan fingerprint density at radius 2 is 1.15 bits per heavy atom. The summed E-state index contributed by atoms with van der Waals surface area (Å²) in [5, 5.41) is 12.8. The van der Waals surface area contributed by atoms with Crippen molar-refractivity contribution in [3.05, 3.63) is 9.81 Å². The molecule has 3 fully saturated rings. The lowest BCUT2D eigenvalue weighted by Gasteiger charge is -2.44. The first-order chi connectivity index (χ1) is 12.5. The number of piperidine rings is 2. The number of hydrogen-bond acceptors (Lipinski definition) is 8. The van der Waals surface area contributed by atoms with E-state index in [1.165, 1.54) is 0 Å². The van der Waals surface area contributed by atoms with Crippen molar-refractivity contribution in [3.63, 3.8) is 0 Å². The van der Waals surface area contributed by atoms with Gasteiger partial charge in [-0.2, -0.15) is 10.0 Å². The molecule has 6 atom stereocenters. The zero-order valence-electron chi connectivity index (χ0n) is 13.9. The first kappa shape index (κ1) is 19.4. The van der Waals surface area contributed by atoms with Gasteiger partial charge in [-0.1, -0.05) is 0 Å². The Morgan fingerprint density at radius 1 is 0.769 bits per heavy atom. The summed E-state index contributed by atoms with van der Waals surface area (Å²) in [7, 11) is 0. The van der Waals surface area contributed by atoms with Gasteiger partial charge in [-0.25, -0.2) is 0 Å². The lowest BCUT2D eigenvalue weighted by molar-refractivity contribution is -0.165. The van der Waals surface area contributed by atoms with E-state index in [4.69, 9.17) is 23.2 Å². The van der Waals surface area contributed by atoms with Crippen LogP contribution in [0.15, 0.2) is 10.6 Å². The molecule has 0 radical (unpaired) electrons. The number of piperazine rings is 1. The van der Waals surface area contributed by atoms with E-state index in [0.717, 1.165) is 0 Å². The average Bonchev–Trinajstić information content (AvgIpc) is 2.64. The number of nitrogens with one attached hydrogen (secondary N) is 2. The van der Waals surface area contributed by atoms with Gasteiger partial charge in [0.05, 0.1) is 10.6 Å². The predicted molar refractivity (Wildman–Crippen MR) is 94.2 cm³/mol. The van der Waals surface area contributed by atoms with Crippen molar-refractivity contribution in [2.45, 2.75) is 60.6 Å². The van der Waals surface area contributed by atoms with Crippen molar-refractivity contribution < 1.29 is 9.59 Å². The van der Waals surface area contributed by atoms with Crippen LogP contribution < -0.4 is 10.6 Å². The van der Waals surface area contributed by atoms with E-state index in [1.807, 2.05) is 0 Å². The third-order valence-corrected chi connectivity index (χ3v) is 5.95. The monoisotopic (exact) mass is 406 g/mol. The van der Waals surface area contributed by atoms with E-state index < -0.39 is 36.0 Å². The van der Waals surface area contributed by atoms with Gasteiger partial charge in [0.25, 0.3) is 11.8 Å². The summed E-state index contributed by atoms with van der Waals surface area (Å²) in [4.78, 5) is 48.5. The maximum Gasteiger partial charge on any atom is 0.272 e. The highest BCUT2D eigenvalue weighted by Crippen LogP contribution is 2.29. The minimum Gasteiger partial charge on any atom is -0.310 e. The lowest BCUT2D eigenvalue weighted by Crippen LogP contribution is -2.71. The Morgan fingerprint density at radius 3 is 1.42 bits per heavy atom. The number of halogens is 2. The second-order valence-corrected chi connectivity index (χ2v) is 8.03. The standard InChI is InChI=1S/C14H20Cl2N6O4/c15-7-1-3-9(17-5-7)11-13(23)22(20-26)12(14(24)21(11)19-25)10-4-2-8(16)6-18-10/h7-12,17-18H,1-6H2. The van der Waals surface area contributed by atoms with E-state index >= 15 is 0 Å². The molecule has 2 N–H and O–H groups in total. The van der Waals surface area contributed by atoms with Crippen LogP contribution in [-0.4, -0.2) is 69.8 Å². The van der Waals surface area contributed by atoms with Crippen molar-refractivity contribution in [2.24, 2.45) is 10.6 Å². The molecule has 10 nitrogen and oxygen atoms in total. The fourth-order valence-electron chi connectivity index (χ4n) is 3.85. The predicted octanol–water partition coefficient (Wildman–Crippen LogP) is 0.476. The molecule has 12 heteroatoms. The highest BCUT2D eigenvalue weighted by molar-refractivity contribution is 6.21. The Kier molecular flexibility index (Phi) is 6.06. The number of carbonyl (C=O) groups excluding carboxylic acids is 2. The summed E-state index contributed by atoms with van der Waals surface area (Å²) in [5.74, 6) is -1.44. The Hall–Kier alpha value is -1.36. The molecule has 3 rings (SSSR count). The molecule has 3 saturated heterocycles. The second kappa shape index (κ2) is 8.12. The largest absolute Gasteiger partial charge is 0.310 e.